The van der Waals surface area contributed by atoms with Crippen LogP contribution >= 0.6 is 0 Å². The highest BCUT2D eigenvalue weighted by atomic mass is 32.2. The number of methoxy groups -OCH3 is 1. The smallest absolute Gasteiger partial charge is 0.240 e. The number of nitrogens with one attached hydrogen (secondary N) is 1. The maximum absolute atomic E-state index is 12.2. The van der Waals surface area contributed by atoms with Gasteiger partial charge in [-0.1, -0.05) is 0 Å². The number of hydrogen-bond acceptors (Lipinski definition) is 5. The van der Waals surface area contributed by atoms with E-state index in [1.165, 1.54) is 12.1 Å². The van der Waals surface area contributed by atoms with Crippen molar-refractivity contribution in [3.05, 3.63) is 29.3 Å². The molecule has 0 radical (unpaired) electrons. The lowest BCUT2D eigenvalue weighted by atomic mass is 10.2. The van der Waals surface area contributed by atoms with Crippen LogP contribution in [0.15, 0.2) is 23.1 Å². The van der Waals surface area contributed by atoms with Crippen molar-refractivity contribution in [1.29, 1.82) is 5.26 Å². The first kappa shape index (κ1) is 17.6. The van der Waals surface area contributed by atoms with Gasteiger partial charge in [0.05, 0.1) is 23.1 Å². The van der Waals surface area contributed by atoms with Crippen LogP contribution in [0.5, 0.6) is 0 Å². The molecule has 116 valence electrons. The molecule has 21 heavy (non-hydrogen) atoms. The van der Waals surface area contributed by atoms with Crippen molar-refractivity contribution in [1.82, 2.24) is 9.62 Å². The molecule has 0 amide bonds. The second-order valence-corrected chi connectivity index (χ2v) is 6.52. The van der Waals surface area contributed by atoms with Gasteiger partial charge < -0.3 is 9.64 Å². The summed E-state index contributed by atoms with van der Waals surface area (Å²) in [7, 11) is -0.0172. The molecule has 7 heteroatoms. The molecule has 0 bridgehead atoms. The summed E-state index contributed by atoms with van der Waals surface area (Å²) in [5.41, 5.74) is 1.01. The molecule has 1 aromatic rings. The number of nitrogens with zero attached hydrogens (tertiary/aromatic N) is 2. The molecule has 0 aliphatic heterocycles. The summed E-state index contributed by atoms with van der Waals surface area (Å²) in [4.78, 5) is 2.19. The van der Waals surface area contributed by atoms with E-state index in [2.05, 4.69) is 4.72 Å². The highest BCUT2D eigenvalue weighted by molar-refractivity contribution is 7.89. The van der Waals surface area contributed by atoms with Crippen LogP contribution < -0.4 is 4.72 Å². The van der Waals surface area contributed by atoms with Crippen molar-refractivity contribution in [2.24, 2.45) is 0 Å². The highest BCUT2D eigenvalue weighted by Crippen LogP contribution is 2.16. The van der Waals surface area contributed by atoms with Gasteiger partial charge in [0.2, 0.25) is 10.0 Å². The van der Waals surface area contributed by atoms with Crippen LogP contribution in [0.1, 0.15) is 11.1 Å². The van der Waals surface area contributed by atoms with Crippen molar-refractivity contribution in [3.63, 3.8) is 0 Å². The third-order valence-electron chi connectivity index (χ3n) is 3.06. The molecule has 0 heterocycles. The molecule has 0 unspecified atom stereocenters. The number of ether oxygens (including phenoxy) is 1. The number of sulfonamides is 1. The average Bonchev–Trinajstić information content (AvgIpc) is 2.44. The van der Waals surface area contributed by atoms with Gasteiger partial charge in [-0.3, -0.25) is 0 Å². The fourth-order valence-corrected chi connectivity index (χ4v) is 3.07. The third kappa shape index (κ3) is 5.44. The van der Waals surface area contributed by atoms with Gasteiger partial charge in [0.25, 0.3) is 0 Å². The van der Waals surface area contributed by atoms with E-state index in [0.717, 1.165) is 6.54 Å². The van der Waals surface area contributed by atoms with E-state index in [-0.39, 0.29) is 4.90 Å². The van der Waals surface area contributed by atoms with Crippen LogP contribution in [0.4, 0.5) is 0 Å². The van der Waals surface area contributed by atoms with Crippen LogP contribution in [0.3, 0.4) is 0 Å². The quantitative estimate of drug-likeness (QED) is 0.765. The Kier molecular flexibility index (Phi) is 6.78. The van der Waals surface area contributed by atoms with Crippen LogP contribution in [0, 0.1) is 18.3 Å². The lowest BCUT2D eigenvalue weighted by Crippen LogP contribution is -2.34. The Balaban J connectivity index is 2.64. The molecule has 0 atom stereocenters. The monoisotopic (exact) mass is 311 g/mol. The Labute approximate surface area is 126 Å². The van der Waals surface area contributed by atoms with E-state index >= 15 is 0 Å². The first-order valence-corrected chi connectivity index (χ1v) is 8.07. The van der Waals surface area contributed by atoms with Gasteiger partial charge in [-0.05, 0) is 37.7 Å². The number of hydrogen-bond donors (Lipinski definition) is 1. The summed E-state index contributed by atoms with van der Waals surface area (Å²) in [5.74, 6) is 0. The van der Waals surface area contributed by atoms with Gasteiger partial charge in [-0.2, -0.15) is 5.26 Å². The number of rotatable bonds is 8. The summed E-state index contributed by atoms with van der Waals surface area (Å²) in [6.07, 6.45) is 0. The molecule has 0 saturated heterocycles. The van der Waals surface area contributed by atoms with E-state index in [1.54, 1.807) is 20.1 Å². The molecule has 0 aromatic heterocycles. The number of likely N-dealkylation sites (N-methyl/N-ethyl adjacent to an activating group) is 1. The van der Waals surface area contributed by atoms with E-state index < -0.39 is 10.0 Å². The molecule has 0 saturated carbocycles. The van der Waals surface area contributed by atoms with E-state index in [4.69, 9.17) is 10.00 Å². The highest BCUT2D eigenvalue weighted by Gasteiger charge is 2.16. The molecular formula is C14H21N3O3S. The molecular weight excluding hydrogens is 290 g/mol. The first-order valence-electron chi connectivity index (χ1n) is 6.58. The zero-order chi connectivity index (χ0) is 15.9. The Hall–Kier alpha value is -1.46. The lowest BCUT2D eigenvalue weighted by molar-refractivity contribution is 0.162. The van der Waals surface area contributed by atoms with Crippen molar-refractivity contribution in [3.8, 4) is 6.07 Å². The summed E-state index contributed by atoms with van der Waals surface area (Å²) in [6, 6.07) is 6.53. The van der Waals surface area contributed by atoms with E-state index in [1.807, 2.05) is 18.0 Å². The Morgan fingerprint density at radius 3 is 2.67 bits per heavy atom. The average molecular weight is 311 g/mol. The standard InChI is InChI=1S/C14H21N3O3S/c1-12-10-13(11-15)4-5-14(12)21(18,19)16-6-7-17(2)8-9-20-3/h4-5,10,16H,6-9H2,1-3H3. The SMILES string of the molecule is COCCN(C)CCNS(=O)(=O)c1ccc(C#N)cc1C. The van der Waals surface area contributed by atoms with Crippen molar-refractivity contribution in [2.75, 3.05) is 40.4 Å². The van der Waals surface area contributed by atoms with Gasteiger partial charge in [0, 0.05) is 26.7 Å². The van der Waals surface area contributed by atoms with Crippen LogP contribution in [-0.2, 0) is 14.8 Å². The van der Waals surface area contributed by atoms with Crippen molar-refractivity contribution >= 4 is 10.0 Å². The van der Waals surface area contributed by atoms with E-state index in [0.29, 0.717) is 30.8 Å². The maximum Gasteiger partial charge on any atom is 0.240 e. The molecule has 1 aromatic carbocycles. The molecule has 6 nitrogen and oxygen atoms in total. The van der Waals surface area contributed by atoms with E-state index in [9.17, 15) is 8.42 Å². The van der Waals surface area contributed by atoms with Crippen LogP contribution in [0.2, 0.25) is 0 Å². The zero-order valence-electron chi connectivity index (χ0n) is 12.6. The molecule has 1 N–H and O–H groups in total. The van der Waals surface area contributed by atoms with Crippen molar-refractivity contribution in [2.45, 2.75) is 11.8 Å². The second-order valence-electron chi connectivity index (χ2n) is 4.79. The summed E-state index contributed by atoms with van der Waals surface area (Å²) >= 11 is 0. The molecule has 0 spiro atoms. The minimum atomic E-state index is -3.55. The minimum absolute atomic E-state index is 0.209. The predicted octanol–water partition coefficient (Wildman–Crippen LogP) is 0.723. The first-order chi connectivity index (χ1) is 9.90. The third-order valence-corrected chi connectivity index (χ3v) is 4.68. The van der Waals surface area contributed by atoms with Gasteiger partial charge in [-0.15, -0.1) is 0 Å². The maximum atomic E-state index is 12.2. The lowest BCUT2D eigenvalue weighted by Gasteiger charge is -2.16. The van der Waals surface area contributed by atoms with Gasteiger partial charge in [0.1, 0.15) is 0 Å². The number of nitriles is 1. The Bertz CT molecular complexity index is 608. The number of benzene rings is 1. The Morgan fingerprint density at radius 1 is 1.38 bits per heavy atom. The zero-order valence-corrected chi connectivity index (χ0v) is 13.4. The summed E-state index contributed by atoms with van der Waals surface area (Å²) < 4.78 is 31.9. The molecule has 1 rings (SSSR count). The largest absolute Gasteiger partial charge is 0.383 e. The topological polar surface area (TPSA) is 82.4 Å². The molecule has 0 fully saturated rings. The Morgan fingerprint density at radius 2 is 2.10 bits per heavy atom. The predicted molar refractivity (Wildman–Crippen MR) is 80.5 cm³/mol. The normalized spacial score (nSPS) is 11.6. The second kappa shape index (κ2) is 8.10. The summed E-state index contributed by atoms with van der Waals surface area (Å²) in [6.45, 7) is 3.95. The fourth-order valence-electron chi connectivity index (χ4n) is 1.83. The van der Waals surface area contributed by atoms with Crippen molar-refractivity contribution < 1.29 is 13.2 Å². The summed E-state index contributed by atoms with van der Waals surface area (Å²) in [5, 5.41) is 8.80. The van der Waals surface area contributed by atoms with Gasteiger partial charge in [0.15, 0.2) is 0 Å². The van der Waals surface area contributed by atoms with Gasteiger partial charge in [-0.25, -0.2) is 13.1 Å². The minimum Gasteiger partial charge on any atom is -0.383 e. The number of aryl methyl sites for hydroxylation is 1. The van der Waals surface area contributed by atoms with Gasteiger partial charge >= 0.3 is 0 Å². The van der Waals surface area contributed by atoms with Crippen LogP contribution in [0.25, 0.3) is 0 Å². The molecule has 0 aliphatic rings. The fraction of sp³-hybridized carbons (Fsp3) is 0.500. The molecule has 0 aliphatic carbocycles. The van der Waals surface area contributed by atoms with Crippen LogP contribution in [-0.4, -0.2) is 53.7 Å².